The summed E-state index contributed by atoms with van der Waals surface area (Å²) in [5, 5.41) is 3.00. The summed E-state index contributed by atoms with van der Waals surface area (Å²) in [7, 11) is -2.12. The summed E-state index contributed by atoms with van der Waals surface area (Å²) >= 11 is 0. The molecule has 108 valence electrons. The molecule has 0 heterocycles. The summed E-state index contributed by atoms with van der Waals surface area (Å²) in [5.74, 6) is -0.373. The molecule has 0 radical (unpaired) electrons. The van der Waals surface area contributed by atoms with E-state index in [9.17, 15) is 12.8 Å². The number of anilines is 1. The van der Waals surface area contributed by atoms with Gasteiger partial charge >= 0.3 is 0 Å². The molecule has 0 aliphatic heterocycles. The zero-order valence-corrected chi connectivity index (χ0v) is 11.9. The predicted octanol–water partition coefficient (Wildman–Crippen LogP) is 1.58. The summed E-state index contributed by atoms with van der Waals surface area (Å²) in [5.41, 5.74) is 0.236. The Kier molecular flexibility index (Phi) is 6.04. The van der Waals surface area contributed by atoms with Crippen LogP contribution in [0.3, 0.4) is 0 Å². The van der Waals surface area contributed by atoms with Crippen LogP contribution in [0.2, 0.25) is 0 Å². The van der Waals surface area contributed by atoms with Gasteiger partial charge in [-0.1, -0.05) is 6.92 Å². The Bertz CT molecular complexity index is 506. The second-order valence-corrected chi connectivity index (χ2v) is 5.86. The maximum atomic E-state index is 13.0. The fourth-order valence-electron chi connectivity index (χ4n) is 1.48. The highest BCUT2D eigenvalue weighted by Crippen LogP contribution is 2.25. The first-order chi connectivity index (χ1) is 8.98. The molecule has 0 aromatic heterocycles. The molecule has 0 bridgehead atoms. The van der Waals surface area contributed by atoms with Crippen molar-refractivity contribution < 1.29 is 17.5 Å². The number of halogens is 1. The van der Waals surface area contributed by atoms with Gasteiger partial charge in [0, 0.05) is 12.6 Å². The number of methoxy groups -OCH3 is 1. The van der Waals surface area contributed by atoms with Crippen molar-refractivity contribution in [1.82, 2.24) is 5.32 Å². The number of sulfonamides is 1. The monoisotopic (exact) mass is 290 g/mol. The molecule has 1 rings (SSSR count). The molecule has 19 heavy (non-hydrogen) atoms. The third-order valence-electron chi connectivity index (χ3n) is 2.40. The summed E-state index contributed by atoms with van der Waals surface area (Å²) in [6.45, 7) is 3.14. The number of hydrogen-bond donors (Lipinski definition) is 2. The zero-order valence-electron chi connectivity index (χ0n) is 11.1. The quantitative estimate of drug-likeness (QED) is 0.713. The van der Waals surface area contributed by atoms with Crippen molar-refractivity contribution in [3.05, 3.63) is 24.0 Å². The van der Waals surface area contributed by atoms with Crippen LogP contribution < -0.4 is 14.8 Å². The number of benzene rings is 1. The first kappa shape index (κ1) is 15.7. The standard InChI is InChI=1S/C12H19FN2O3S/c1-3-6-14-7-8-19(16,17)15-11-5-4-10(13)9-12(11)18-2/h4-5,9,14-15H,3,6-8H2,1-2H3. The maximum Gasteiger partial charge on any atom is 0.234 e. The zero-order chi connectivity index (χ0) is 14.3. The minimum absolute atomic E-state index is 0.0481. The Labute approximate surface area is 113 Å². The Morgan fingerprint density at radius 1 is 1.32 bits per heavy atom. The van der Waals surface area contributed by atoms with E-state index in [1.807, 2.05) is 6.92 Å². The lowest BCUT2D eigenvalue weighted by Gasteiger charge is -2.12. The fourth-order valence-corrected chi connectivity index (χ4v) is 2.50. The van der Waals surface area contributed by atoms with E-state index in [2.05, 4.69) is 10.0 Å². The van der Waals surface area contributed by atoms with Gasteiger partial charge < -0.3 is 10.1 Å². The molecule has 0 aliphatic carbocycles. The van der Waals surface area contributed by atoms with Gasteiger partial charge in [-0.3, -0.25) is 4.72 Å². The van der Waals surface area contributed by atoms with Crippen molar-refractivity contribution in [1.29, 1.82) is 0 Å². The van der Waals surface area contributed by atoms with E-state index < -0.39 is 15.8 Å². The fraction of sp³-hybridized carbons (Fsp3) is 0.500. The van der Waals surface area contributed by atoms with E-state index in [0.717, 1.165) is 19.0 Å². The maximum absolute atomic E-state index is 13.0. The van der Waals surface area contributed by atoms with Crippen LogP contribution in [0.15, 0.2) is 18.2 Å². The van der Waals surface area contributed by atoms with E-state index in [-0.39, 0.29) is 17.2 Å². The number of rotatable bonds is 8. The lowest BCUT2D eigenvalue weighted by Crippen LogP contribution is -2.27. The van der Waals surface area contributed by atoms with Crippen LogP contribution in [-0.4, -0.2) is 34.4 Å². The lowest BCUT2D eigenvalue weighted by atomic mass is 10.3. The average Bonchev–Trinajstić information content (AvgIpc) is 2.36. The third kappa shape index (κ3) is 5.44. The van der Waals surface area contributed by atoms with Crippen LogP contribution in [0.1, 0.15) is 13.3 Å². The topological polar surface area (TPSA) is 67.4 Å². The average molecular weight is 290 g/mol. The Balaban J connectivity index is 2.67. The van der Waals surface area contributed by atoms with Gasteiger partial charge in [0.2, 0.25) is 10.0 Å². The van der Waals surface area contributed by atoms with Gasteiger partial charge in [0.1, 0.15) is 11.6 Å². The molecular formula is C12H19FN2O3S. The van der Waals surface area contributed by atoms with E-state index in [0.29, 0.717) is 6.54 Å². The van der Waals surface area contributed by atoms with Gasteiger partial charge in [-0.05, 0) is 25.1 Å². The third-order valence-corrected chi connectivity index (χ3v) is 3.68. The molecule has 1 aromatic rings. The van der Waals surface area contributed by atoms with Gasteiger partial charge in [0.15, 0.2) is 0 Å². The van der Waals surface area contributed by atoms with E-state index in [4.69, 9.17) is 4.74 Å². The summed E-state index contributed by atoms with van der Waals surface area (Å²) in [6.07, 6.45) is 0.944. The number of nitrogens with one attached hydrogen (secondary N) is 2. The van der Waals surface area contributed by atoms with Crippen molar-refractivity contribution in [2.24, 2.45) is 0 Å². The Morgan fingerprint density at radius 3 is 2.68 bits per heavy atom. The van der Waals surface area contributed by atoms with Crippen molar-refractivity contribution in [3.8, 4) is 5.75 Å². The molecule has 0 fully saturated rings. The smallest absolute Gasteiger partial charge is 0.234 e. The molecule has 0 unspecified atom stereocenters. The van der Waals surface area contributed by atoms with E-state index >= 15 is 0 Å². The molecule has 0 amide bonds. The highest BCUT2D eigenvalue weighted by molar-refractivity contribution is 7.92. The minimum atomic E-state index is -3.48. The van der Waals surface area contributed by atoms with E-state index in [1.165, 1.54) is 19.2 Å². The second kappa shape index (κ2) is 7.30. The van der Waals surface area contributed by atoms with Crippen LogP contribution in [0, 0.1) is 5.82 Å². The van der Waals surface area contributed by atoms with Gasteiger partial charge in [-0.15, -0.1) is 0 Å². The molecule has 0 saturated heterocycles. The normalized spacial score (nSPS) is 11.3. The van der Waals surface area contributed by atoms with Crippen molar-refractivity contribution >= 4 is 15.7 Å². The molecule has 5 nitrogen and oxygen atoms in total. The summed E-state index contributed by atoms with van der Waals surface area (Å²) < 4.78 is 43.9. The first-order valence-electron chi connectivity index (χ1n) is 6.03. The molecule has 0 aliphatic rings. The highest BCUT2D eigenvalue weighted by Gasteiger charge is 2.13. The molecular weight excluding hydrogens is 271 g/mol. The van der Waals surface area contributed by atoms with Crippen LogP contribution >= 0.6 is 0 Å². The highest BCUT2D eigenvalue weighted by atomic mass is 32.2. The van der Waals surface area contributed by atoms with Crippen LogP contribution in [0.25, 0.3) is 0 Å². The summed E-state index contributed by atoms with van der Waals surface area (Å²) in [4.78, 5) is 0. The molecule has 0 spiro atoms. The number of hydrogen-bond acceptors (Lipinski definition) is 4. The van der Waals surface area contributed by atoms with Crippen molar-refractivity contribution in [3.63, 3.8) is 0 Å². The van der Waals surface area contributed by atoms with Gasteiger partial charge in [0.05, 0.1) is 18.6 Å². The summed E-state index contributed by atoms with van der Waals surface area (Å²) in [6, 6.07) is 3.65. The molecule has 1 aromatic carbocycles. The minimum Gasteiger partial charge on any atom is -0.494 e. The lowest BCUT2D eigenvalue weighted by molar-refractivity contribution is 0.413. The van der Waals surface area contributed by atoms with Crippen LogP contribution in [0.5, 0.6) is 5.75 Å². The van der Waals surface area contributed by atoms with Crippen molar-refractivity contribution in [2.45, 2.75) is 13.3 Å². The largest absolute Gasteiger partial charge is 0.494 e. The van der Waals surface area contributed by atoms with Crippen LogP contribution in [0.4, 0.5) is 10.1 Å². The SMILES string of the molecule is CCCNCCS(=O)(=O)Nc1ccc(F)cc1OC. The predicted molar refractivity (Wildman–Crippen MR) is 73.5 cm³/mol. The Morgan fingerprint density at radius 2 is 2.05 bits per heavy atom. The molecule has 7 heteroatoms. The Hall–Kier alpha value is -1.34. The second-order valence-electron chi connectivity index (χ2n) is 4.02. The van der Waals surface area contributed by atoms with Crippen LogP contribution in [-0.2, 0) is 10.0 Å². The number of ether oxygens (including phenoxy) is 1. The first-order valence-corrected chi connectivity index (χ1v) is 7.68. The van der Waals surface area contributed by atoms with Gasteiger partial charge in [0.25, 0.3) is 0 Å². The van der Waals surface area contributed by atoms with Gasteiger partial charge in [-0.25, -0.2) is 12.8 Å². The molecule has 2 N–H and O–H groups in total. The molecule has 0 atom stereocenters. The van der Waals surface area contributed by atoms with E-state index in [1.54, 1.807) is 0 Å². The van der Waals surface area contributed by atoms with Crippen molar-refractivity contribution in [2.75, 3.05) is 30.7 Å². The van der Waals surface area contributed by atoms with Gasteiger partial charge in [-0.2, -0.15) is 0 Å². The molecule has 0 saturated carbocycles.